The zero-order valence-electron chi connectivity index (χ0n) is 10.4. The van der Waals surface area contributed by atoms with Crippen LogP contribution in [-0.2, 0) is 14.8 Å². The first-order valence-electron chi connectivity index (χ1n) is 5.51. The van der Waals surface area contributed by atoms with Crippen LogP contribution in [0.2, 0.25) is 0 Å². The Morgan fingerprint density at radius 1 is 1.50 bits per heavy atom. The third-order valence-corrected chi connectivity index (χ3v) is 3.97. The van der Waals surface area contributed by atoms with Crippen molar-refractivity contribution in [2.45, 2.75) is 24.3 Å². The Bertz CT molecular complexity index is 534. The Morgan fingerprint density at radius 2 is 2.22 bits per heavy atom. The molecule has 1 atom stereocenters. The van der Waals surface area contributed by atoms with Gasteiger partial charge in [-0.3, -0.25) is 0 Å². The van der Waals surface area contributed by atoms with Crippen LogP contribution in [0.1, 0.15) is 18.9 Å². The van der Waals surface area contributed by atoms with E-state index in [1.54, 1.807) is 26.2 Å². The summed E-state index contributed by atoms with van der Waals surface area (Å²) >= 11 is 0. The molecule has 0 aliphatic carbocycles. The molecule has 1 rings (SSSR count). The van der Waals surface area contributed by atoms with Crippen molar-refractivity contribution in [1.82, 2.24) is 4.72 Å². The standard InChI is InChI=1S/C12H16N2O3S/c1-10(6-7-17-2)14-18(15,16)12-5-3-4-11(8-12)9-13/h3-5,8,10,14H,6-7H2,1-2H3. The quantitative estimate of drug-likeness (QED) is 0.842. The van der Waals surface area contributed by atoms with Gasteiger partial charge in [0.2, 0.25) is 10.0 Å². The number of hydrogen-bond acceptors (Lipinski definition) is 4. The van der Waals surface area contributed by atoms with Gasteiger partial charge in [-0.05, 0) is 31.5 Å². The fraction of sp³-hybridized carbons (Fsp3) is 0.417. The van der Waals surface area contributed by atoms with Crippen molar-refractivity contribution in [2.75, 3.05) is 13.7 Å². The molecule has 1 aromatic rings. The second-order valence-electron chi connectivity index (χ2n) is 3.94. The number of rotatable bonds is 6. The Labute approximate surface area is 107 Å². The van der Waals surface area contributed by atoms with E-state index < -0.39 is 10.0 Å². The molecular formula is C12H16N2O3S. The molecule has 0 heterocycles. The number of methoxy groups -OCH3 is 1. The van der Waals surface area contributed by atoms with Crippen molar-refractivity contribution in [1.29, 1.82) is 5.26 Å². The topological polar surface area (TPSA) is 79.2 Å². The van der Waals surface area contributed by atoms with Crippen molar-refractivity contribution in [3.63, 3.8) is 0 Å². The highest BCUT2D eigenvalue weighted by Crippen LogP contribution is 2.11. The van der Waals surface area contributed by atoms with E-state index in [0.717, 1.165) is 0 Å². The second-order valence-corrected chi connectivity index (χ2v) is 5.66. The molecule has 1 unspecified atom stereocenters. The summed E-state index contributed by atoms with van der Waals surface area (Å²) in [6, 6.07) is 7.62. The Morgan fingerprint density at radius 3 is 2.83 bits per heavy atom. The minimum Gasteiger partial charge on any atom is -0.385 e. The number of ether oxygens (including phenoxy) is 1. The smallest absolute Gasteiger partial charge is 0.240 e. The summed E-state index contributed by atoms with van der Waals surface area (Å²) in [6.07, 6.45) is 0.591. The zero-order valence-corrected chi connectivity index (χ0v) is 11.2. The molecule has 1 N–H and O–H groups in total. The lowest BCUT2D eigenvalue weighted by molar-refractivity contribution is 0.188. The number of benzene rings is 1. The number of sulfonamides is 1. The van der Waals surface area contributed by atoms with E-state index in [0.29, 0.717) is 18.6 Å². The summed E-state index contributed by atoms with van der Waals surface area (Å²) in [5.41, 5.74) is 0.322. The average molecular weight is 268 g/mol. The van der Waals surface area contributed by atoms with Crippen LogP contribution in [0.15, 0.2) is 29.2 Å². The van der Waals surface area contributed by atoms with Crippen molar-refractivity contribution in [3.8, 4) is 6.07 Å². The highest BCUT2D eigenvalue weighted by molar-refractivity contribution is 7.89. The van der Waals surface area contributed by atoms with Gasteiger partial charge in [0, 0.05) is 19.8 Å². The molecular weight excluding hydrogens is 252 g/mol. The molecule has 98 valence electrons. The molecule has 0 amide bonds. The van der Waals surface area contributed by atoms with Crippen molar-refractivity contribution < 1.29 is 13.2 Å². The van der Waals surface area contributed by atoms with Crippen molar-refractivity contribution in [3.05, 3.63) is 29.8 Å². The van der Waals surface area contributed by atoms with E-state index in [1.807, 2.05) is 6.07 Å². The molecule has 0 aliphatic heterocycles. The van der Waals surface area contributed by atoms with Gasteiger partial charge in [0.25, 0.3) is 0 Å². The first-order chi connectivity index (χ1) is 8.49. The summed E-state index contributed by atoms with van der Waals surface area (Å²) < 4.78 is 31.5. The summed E-state index contributed by atoms with van der Waals surface area (Å²) in [4.78, 5) is 0.103. The molecule has 18 heavy (non-hydrogen) atoms. The zero-order chi connectivity index (χ0) is 13.6. The Balaban J connectivity index is 2.83. The monoisotopic (exact) mass is 268 g/mol. The van der Waals surface area contributed by atoms with Crippen LogP contribution in [0.5, 0.6) is 0 Å². The maximum atomic E-state index is 12.0. The number of nitrogens with one attached hydrogen (secondary N) is 1. The fourth-order valence-electron chi connectivity index (χ4n) is 1.42. The van der Waals surface area contributed by atoms with Gasteiger partial charge in [0.15, 0.2) is 0 Å². The minimum absolute atomic E-state index is 0.103. The predicted molar refractivity (Wildman–Crippen MR) is 67.4 cm³/mol. The van der Waals surface area contributed by atoms with Crippen LogP contribution < -0.4 is 4.72 Å². The maximum absolute atomic E-state index is 12.0. The number of hydrogen-bond donors (Lipinski definition) is 1. The third kappa shape index (κ3) is 4.11. The van der Waals surface area contributed by atoms with Gasteiger partial charge in [0.05, 0.1) is 16.5 Å². The van der Waals surface area contributed by atoms with Gasteiger partial charge in [-0.2, -0.15) is 5.26 Å². The predicted octanol–water partition coefficient (Wildman–Crippen LogP) is 1.26. The van der Waals surface area contributed by atoms with E-state index in [1.165, 1.54) is 12.1 Å². The lowest BCUT2D eigenvalue weighted by atomic mass is 10.2. The van der Waals surface area contributed by atoms with Crippen LogP contribution in [0.3, 0.4) is 0 Å². The summed E-state index contributed by atoms with van der Waals surface area (Å²) in [5, 5.41) is 8.74. The first kappa shape index (κ1) is 14.6. The average Bonchev–Trinajstić information content (AvgIpc) is 2.36. The van der Waals surface area contributed by atoms with Crippen LogP contribution in [0.25, 0.3) is 0 Å². The molecule has 0 bridgehead atoms. The molecule has 0 aliphatic rings. The maximum Gasteiger partial charge on any atom is 0.240 e. The van der Waals surface area contributed by atoms with E-state index >= 15 is 0 Å². The Hall–Kier alpha value is -1.42. The van der Waals surface area contributed by atoms with Gasteiger partial charge >= 0.3 is 0 Å². The van der Waals surface area contributed by atoms with E-state index in [2.05, 4.69) is 4.72 Å². The highest BCUT2D eigenvalue weighted by atomic mass is 32.2. The summed E-state index contributed by atoms with van der Waals surface area (Å²) in [7, 11) is -2.01. The third-order valence-electron chi connectivity index (χ3n) is 2.38. The largest absolute Gasteiger partial charge is 0.385 e. The van der Waals surface area contributed by atoms with E-state index in [4.69, 9.17) is 10.00 Å². The van der Waals surface area contributed by atoms with Gasteiger partial charge in [-0.25, -0.2) is 13.1 Å². The van der Waals surface area contributed by atoms with Crippen LogP contribution in [0, 0.1) is 11.3 Å². The molecule has 5 nitrogen and oxygen atoms in total. The van der Waals surface area contributed by atoms with E-state index in [9.17, 15) is 8.42 Å². The second kappa shape index (κ2) is 6.50. The van der Waals surface area contributed by atoms with E-state index in [-0.39, 0.29) is 10.9 Å². The SMILES string of the molecule is COCCC(C)NS(=O)(=O)c1cccc(C#N)c1. The fourth-order valence-corrected chi connectivity index (χ4v) is 2.74. The number of nitriles is 1. The van der Waals surface area contributed by atoms with Crippen LogP contribution in [-0.4, -0.2) is 28.2 Å². The molecule has 0 fully saturated rings. The molecule has 0 spiro atoms. The van der Waals surface area contributed by atoms with Crippen molar-refractivity contribution in [2.24, 2.45) is 0 Å². The lowest BCUT2D eigenvalue weighted by Gasteiger charge is -2.13. The first-order valence-corrected chi connectivity index (χ1v) is 6.99. The van der Waals surface area contributed by atoms with Gasteiger partial charge < -0.3 is 4.74 Å². The lowest BCUT2D eigenvalue weighted by Crippen LogP contribution is -2.33. The van der Waals surface area contributed by atoms with Crippen LogP contribution >= 0.6 is 0 Å². The number of nitrogens with zero attached hydrogens (tertiary/aromatic N) is 1. The molecule has 0 saturated carbocycles. The minimum atomic E-state index is -3.58. The van der Waals surface area contributed by atoms with Gasteiger partial charge in [0.1, 0.15) is 0 Å². The highest BCUT2D eigenvalue weighted by Gasteiger charge is 2.17. The molecule has 6 heteroatoms. The molecule has 0 aromatic heterocycles. The van der Waals surface area contributed by atoms with Crippen molar-refractivity contribution >= 4 is 10.0 Å². The molecule has 1 aromatic carbocycles. The normalized spacial score (nSPS) is 12.9. The van der Waals surface area contributed by atoms with Gasteiger partial charge in [-0.15, -0.1) is 0 Å². The van der Waals surface area contributed by atoms with Gasteiger partial charge in [-0.1, -0.05) is 6.07 Å². The molecule has 0 saturated heterocycles. The summed E-state index contributed by atoms with van der Waals surface area (Å²) in [5.74, 6) is 0. The summed E-state index contributed by atoms with van der Waals surface area (Å²) in [6.45, 7) is 2.26. The Kier molecular flexibility index (Phi) is 5.28. The van der Waals surface area contributed by atoms with Crippen LogP contribution in [0.4, 0.5) is 0 Å². The molecule has 0 radical (unpaired) electrons.